The van der Waals surface area contributed by atoms with Crippen molar-refractivity contribution < 1.29 is 4.42 Å². The van der Waals surface area contributed by atoms with Crippen molar-refractivity contribution >= 4 is 51.3 Å². The fourth-order valence-electron chi connectivity index (χ4n) is 2.69. The van der Waals surface area contributed by atoms with Crippen LogP contribution in [-0.2, 0) is 13.1 Å². The number of fused-ring (bicyclic) bond motifs is 1. The van der Waals surface area contributed by atoms with Gasteiger partial charge in [-0.3, -0.25) is 4.57 Å². The Bertz CT molecular complexity index is 1140. The molecule has 0 amide bonds. The Morgan fingerprint density at radius 1 is 1.26 bits per heavy atom. The van der Waals surface area contributed by atoms with Gasteiger partial charge in [-0.2, -0.15) is 4.37 Å². The Morgan fingerprint density at radius 3 is 2.93 bits per heavy atom. The molecule has 0 saturated carbocycles. The van der Waals surface area contributed by atoms with Gasteiger partial charge in [0.2, 0.25) is 5.13 Å². The van der Waals surface area contributed by atoms with Crippen LogP contribution in [0.1, 0.15) is 11.1 Å². The first-order chi connectivity index (χ1) is 13.1. The van der Waals surface area contributed by atoms with Crippen molar-refractivity contribution in [3.8, 4) is 0 Å². The number of benzene rings is 2. The Morgan fingerprint density at radius 2 is 2.15 bits per heavy atom. The van der Waals surface area contributed by atoms with Gasteiger partial charge >= 0.3 is 5.76 Å². The van der Waals surface area contributed by atoms with Crippen LogP contribution in [0.25, 0.3) is 11.1 Å². The first-order valence-electron chi connectivity index (χ1n) is 7.94. The van der Waals surface area contributed by atoms with Crippen molar-refractivity contribution in [2.45, 2.75) is 18.0 Å². The summed E-state index contributed by atoms with van der Waals surface area (Å²) in [6.07, 6.45) is 1.49. The average molecular weight is 420 g/mol. The van der Waals surface area contributed by atoms with E-state index in [9.17, 15) is 4.79 Å². The van der Waals surface area contributed by atoms with E-state index in [2.05, 4.69) is 14.1 Å². The Balaban J connectivity index is 1.63. The summed E-state index contributed by atoms with van der Waals surface area (Å²) in [6, 6.07) is 11.1. The van der Waals surface area contributed by atoms with E-state index in [-0.39, 0.29) is 0 Å². The highest BCUT2D eigenvalue weighted by Crippen LogP contribution is 2.26. The average Bonchev–Trinajstić information content (AvgIpc) is 3.28. The van der Waals surface area contributed by atoms with Crippen LogP contribution < -0.4 is 16.2 Å². The number of hydrogen-bond donors (Lipinski definition) is 2. The summed E-state index contributed by atoms with van der Waals surface area (Å²) in [5, 5.41) is 1.30. The summed E-state index contributed by atoms with van der Waals surface area (Å²) < 4.78 is 14.0. The highest BCUT2D eigenvalue weighted by molar-refractivity contribution is 8.00. The molecule has 138 valence electrons. The lowest BCUT2D eigenvalue weighted by molar-refractivity contribution is 0.517. The lowest BCUT2D eigenvalue weighted by Crippen LogP contribution is -2.16. The molecule has 2 heterocycles. The highest BCUT2D eigenvalue weighted by Gasteiger charge is 2.13. The Hall–Kier alpha value is -2.33. The number of anilines is 1. The molecule has 0 saturated heterocycles. The number of nitrogens with one attached hydrogen (secondary N) is 1. The molecule has 27 heavy (non-hydrogen) atoms. The normalized spacial score (nSPS) is 11.2. The van der Waals surface area contributed by atoms with Gasteiger partial charge in [0.05, 0.1) is 12.1 Å². The van der Waals surface area contributed by atoms with Gasteiger partial charge in [-0.05, 0) is 53.4 Å². The van der Waals surface area contributed by atoms with Crippen LogP contribution in [0.5, 0.6) is 0 Å². The zero-order chi connectivity index (χ0) is 18.8. The first-order valence-corrected chi connectivity index (χ1v) is 9.91. The topological polar surface area (TPSA) is 99.0 Å². The van der Waals surface area contributed by atoms with Crippen molar-refractivity contribution in [2.75, 3.05) is 4.72 Å². The molecule has 0 aliphatic carbocycles. The summed E-state index contributed by atoms with van der Waals surface area (Å²) in [5.41, 5.74) is 8.86. The third-order valence-electron chi connectivity index (χ3n) is 3.97. The molecule has 0 unspecified atom stereocenters. The van der Waals surface area contributed by atoms with E-state index < -0.39 is 5.76 Å². The molecule has 4 rings (SSSR count). The maximum Gasteiger partial charge on any atom is 0.420 e. The third-order valence-corrected chi connectivity index (χ3v) is 5.70. The summed E-state index contributed by atoms with van der Waals surface area (Å²) in [7, 11) is 0. The predicted molar refractivity (Wildman–Crippen MR) is 108 cm³/mol. The summed E-state index contributed by atoms with van der Waals surface area (Å²) >= 11 is 8.74. The fraction of sp³-hybridized carbons (Fsp3) is 0.118. The maximum atomic E-state index is 12.4. The second-order valence-corrected chi connectivity index (χ2v) is 7.75. The zero-order valence-corrected chi connectivity index (χ0v) is 16.3. The van der Waals surface area contributed by atoms with Crippen LogP contribution >= 0.6 is 35.1 Å². The van der Waals surface area contributed by atoms with Crippen molar-refractivity contribution in [1.82, 2.24) is 13.9 Å². The third kappa shape index (κ3) is 3.86. The molecule has 3 N–H and O–H groups in total. The molecule has 0 radical (unpaired) electrons. The minimum absolute atomic E-state index is 0.342. The standard InChI is InChI=1S/C17H14ClN5O2S2/c18-12-2-1-10(7-19)11(5-12)8-23-14-4-3-13(6-15(14)25-17(23)24)26-22-16-20-9-21-27-16/h1-6,9H,7-8,19H2,(H,20,21,22). The van der Waals surface area contributed by atoms with Crippen molar-refractivity contribution in [3.05, 3.63) is 69.4 Å². The molecular formula is C17H14ClN5O2S2. The van der Waals surface area contributed by atoms with E-state index >= 15 is 0 Å². The number of hydrogen-bond acceptors (Lipinski definition) is 8. The van der Waals surface area contributed by atoms with Crippen LogP contribution in [-0.4, -0.2) is 13.9 Å². The van der Waals surface area contributed by atoms with Crippen molar-refractivity contribution in [3.63, 3.8) is 0 Å². The minimum Gasteiger partial charge on any atom is -0.408 e. The Labute approximate surface area is 167 Å². The molecule has 2 aromatic heterocycles. The number of halogens is 1. The van der Waals surface area contributed by atoms with Crippen molar-refractivity contribution in [1.29, 1.82) is 0 Å². The van der Waals surface area contributed by atoms with Crippen LogP contribution in [0.15, 0.2) is 56.8 Å². The molecule has 0 spiro atoms. The molecule has 0 bridgehead atoms. The number of nitrogens with two attached hydrogens (primary N) is 1. The van der Waals surface area contributed by atoms with E-state index in [1.165, 1.54) is 29.8 Å². The minimum atomic E-state index is -0.424. The SMILES string of the molecule is NCc1ccc(Cl)cc1Cn1c(=O)oc2cc(SNc3ncns3)ccc21. The molecule has 0 aliphatic rings. The van der Waals surface area contributed by atoms with Crippen LogP contribution in [0.4, 0.5) is 5.13 Å². The molecule has 0 aliphatic heterocycles. The van der Waals surface area contributed by atoms with Crippen LogP contribution in [0.3, 0.4) is 0 Å². The monoisotopic (exact) mass is 419 g/mol. The number of nitrogens with zero attached hydrogens (tertiary/aromatic N) is 3. The lowest BCUT2D eigenvalue weighted by Gasteiger charge is -2.09. The molecule has 0 atom stereocenters. The van der Waals surface area contributed by atoms with Gasteiger partial charge in [-0.15, -0.1) is 0 Å². The molecule has 0 fully saturated rings. The van der Waals surface area contributed by atoms with Gasteiger partial charge in [0, 0.05) is 28.0 Å². The van der Waals surface area contributed by atoms with Crippen LogP contribution in [0, 0.1) is 0 Å². The first kappa shape index (κ1) is 18.1. The van der Waals surface area contributed by atoms with Crippen LogP contribution in [0.2, 0.25) is 5.02 Å². The smallest absolute Gasteiger partial charge is 0.408 e. The van der Waals surface area contributed by atoms with Gasteiger partial charge in [0.1, 0.15) is 6.33 Å². The molecule has 10 heteroatoms. The second kappa shape index (κ2) is 7.73. The van der Waals surface area contributed by atoms with Gasteiger partial charge in [-0.1, -0.05) is 17.7 Å². The van der Waals surface area contributed by atoms with Gasteiger partial charge < -0.3 is 14.9 Å². The fourth-order valence-corrected chi connectivity index (χ4v) is 4.01. The molecule has 4 aromatic rings. The number of aromatic nitrogens is 3. The van der Waals surface area contributed by atoms with E-state index in [0.717, 1.165) is 16.0 Å². The Kier molecular flexibility index (Phi) is 5.17. The van der Waals surface area contributed by atoms with E-state index in [1.54, 1.807) is 10.6 Å². The lowest BCUT2D eigenvalue weighted by atomic mass is 10.1. The molecular weight excluding hydrogens is 406 g/mol. The number of rotatable bonds is 6. The predicted octanol–water partition coefficient (Wildman–Crippen LogP) is 3.73. The van der Waals surface area contributed by atoms with E-state index in [0.29, 0.717) is 34.3 Å². The second-order valence-electron chi connectivity index (χ2n) is 5.65. The highest BCUT2D eigenvalue weighted by atomic mass is 35.5. The quantitative estimate of drug-likeness (QED) is 0.459. The zero-order valence-electron chi connectivity index (χ0n) is 13.9. The largest absolute Gasteiger partial charge is 0.420 e. The molecule has 2 aromatic carbocycles. The van der Waals surface area contributed by atoms with E-state index in [1.807, 2.05) is 30.3 Å². The molecule has 7 nitrogen and oxygen atoms in total. The summed E-state index contributed by atoms with van der Waals surface area (Å²) in [5.74, 6) is -0.424. The summed E-state index contributed by atoms with van der Waals surface area (Å²) in [4.78, 5) is 17.3. The number of oxazole rings is 1. The van der Waals surface area contributed by atoms with E-state index in [4.69, 9.17) is 21.8 Å². The van der Waals surface area contributed by atoms with Gasteiger partial charge in [0.15, 0.2) is 5.58 Å². The van der Waals surface area contributed by atoms with Gasteiger partial charge in [-0.25, -0.2) is 9.78 Å². The van der Waals surface area contributed by atoms with Gasteiger partial charge in [0.25, 0.3) is 0 Å². The maximum absolute atomic E-state index is 12.4. The van der Waals surface area contributed by atoms with Crippen molar-refractivity contribution in [2.24, 2.45) is 5.73 Å². The summed E-state index contributed by atoms with van der Waals surface area (Å²) in [6.45, 7) is 0.712.